The second-order valence-corrected chi connectivity index (χ2v) is 7.04. The minimum Gasteiger partial charge on any atom is -0.486 e. The minimum atomic E-state index is 0.259. The summed E-state index contributed by atoms with van der Waals surface area (Å²) >= 11 is 1.69. The number of amides is 1. The van der Waals surface area contributed by atoms with Gasteiger partial charge in [-0.15, -0.1) is 11.8 Å². The average molecular weight is 336 g/mol. The van der Waals surface area contributed by atoms with E-state index < -0.39 is 0 Å². The van der Waals surface area contributed by atoms with E-state index in [0.29, 0.717) is 25.7 Å². The Morgan fingerprint density at radius 2 is 2.17 bits per heavy atom. The zero-order valence-electron chi connectivity index (χ0n) is 13.5. The highest BCUT2D eigenvalue weighted by molar-refractivity contribution is 7.99. The fourth-order valence-electron chi connectivity index (χ4n) is 2.97. The molecule has 2 aliphatic rings. The third-order valence-electron chi connectivity index (χ3n) is 4.28. The van der Waals surface area contributed by atoms with E-state index >= 15 is 0 Å². The lowest BCUT2D eigenvalue weighted by molar-refractivity contribution is -0.132. The Kier molecular flexibility index (Phi) is 5.67. The van der Waals surface area contributed by atoms with Gasteiger partial charge in [-0.3, -0.25) is 4.79 Å². The number of hydrogen-bond acceptors (Lipinski definition) is 5. The molecule has 23 heavy (non-hydrogen) atoms. The number of hydrogen-bond donors (Lipinski definition) is 1. The number of carbonyl (C=O) groups is 1. The number of benzene rings is 1. The van der Waals surface area contributed by atoms with E-state index in [0.717, 1.165) is 48.1 Å². The van der Waals surface area contributed by atoms with Crippen molar-refractivity contribution in [1.29, 1.82) is 0 Å². The smallest absolute Gasteiger partial charge is 0.223 e. The molecule has 0 bridgehead atoms. The number of piperidine rings is 1. The molecule has 3 rings (SSSR count). The largest absolute Gasteiger partial charge is 0.486 e. The molecule has 0 aliphatic carbocycles. The van der Waals surface area contributed by atoms with Crippen molar-refractivity contribution in [1.82, 2.24) is 10.2 Å². The maximum Gasteiger partial charge on any atom is 0.223 e. The van der Waals surface area contributed by atoms with Gasteiger partial charge in [0.25, 0.3) is 0 Å². The highest BCUT2D eigenvalue weighted by atomic mass is 32.2. The molecule has 1 aromatic carbocycles. The molecule has 1 saturated heterocycles. The first-order valence-electron chi connectivity index (χ1n) is 8.24. The van der Waals surface area contributed by atoms with Crippen molar-refractivity contribution in [3.05, 3.63) is 18.2 Å². The number of thioether (sulfide) groups is 1. The van der Waals surface area contributed by atoms with Crippen molar-refractivity contribution >= 4 is 17.7 Å². The Labute approximate surface area is 141 Å². The van der Waals surface area contributed by atoms with Crippen LogP contribution in [0.25, 0.3) is 0 Å². The first-order valence-corrected chi connectivity index (χ1v) is 9.22. The third kappa shape index (κ3) is 4.32. The second kappa shape index (κ2) is 7.93. The number of nitrogens with zero attached hydrogens (tertiary/aromatic N) is 1. The van der Waals surface area contributed by atoms with E-state index in [-0.39, 0.29) is 5.91 Å². The van der Waals surface area contributed by atoms with E-state index in [1.807, 2.05) is 30.1 Å². The molecule has 2 heterocycles. The number of fused-ring (bicyclic) bond motifs is 1. The maximum atomic E-state index is 12.3. The monoisotopic (exact) mass is 336 g/mol. The number of likely N-dealkylation sites (tertiary alicyclic amines) is 1. The van der Waals surface area contributed by atoms with E-state index in [9.17, 15) is 4.79 Å². The molecule has 1 fully saturated rings. The number of carbonyl (C=O) groups excluding carboxylic acids is 1. The Bertz CT molecular complexity index is 553. The maximum absolute atomic E-state index is 12.3. The number of rotatable bonds is 5. The first-order chi connectivity index (χ1) is 11.3. The molecule has 0 spiro atoms. The van der Waals surface area contributed by atoms with Gasteiger partial charge in [0, 0.05) is 36.2 Å². The van der Waals surface area contributed by atoms with Crippen molar-refractivity contribution in [3.63, 3.8) is 0 Å². The molecule has 0 saturated carbocycles. The van der Waals surface area contributed by atoms with Gasteiger partial charge in [-0.25, -0.2) is 0 Å². The predicted molar refractivity (Wildman–Crippen MR) is 91.4 cm³/mol. The standard InChI is InChI=1S/C17H24N2O3S/c1-18-13-3-2-7-19(12-13)17(20)6-10-23-14-4-5-15-16(11-14)22-9-8-21-15/h4-5,11,13,18H,2-3,6-10,12H2,1H3. The fraction of sp³-hybridized carbons (Fsp3) is 0.588. The molecule has 1 amide bonds. The molecule has 5 nitrogen and oxygen atoms in total. The number of likely N-dealkylation sites (N-methyl/N-ethyl adjacent to an activating group) is 1. The number of ether oxygens (including phenoxy) is 2. The molecule has 0 radical (unpaired) electrons. The van der Waals surface area contributed by atoms with Gasteiger partial charge in [0.15, 0.2) is 11.5 Å². The van der Waals surface area contributed by atoms with Crippen LogP contribution in [0.3, 0.4) is 0 Å². The average Bonchev–Trinajstić information content (AvgIpc) is 2.61. The van der Waals surface area contributed by atoms with E-state index in [1.54, 1.807) is 11.8 Å². The van der Waals surface area contributed by atoms with Crippen LogP contribution in [0.1, 0.15) is 19.3 Å². The Balaban J connectivity index is 1.46. The second-order valence-electron chi connectivity index (χ2n) is 5.87. The quantitative estimate of drug-likeness (QED) is 0.835. The fourth-order valence-corrected chi connectivity index (χ4v) is 3.83. The third-order valence-corrected chi connectivity index (χ3v) is 5.28. The first kappa shape index (κ1) is 16.5. The molecule has 6 heteroatoms. The van der Waals surface area contributed by atoms with Gasteiger partial charge in [-0.1, -0.05) is 0 Å². The summed E-state index contributed by atoms with van der Waals surface area (Å²) in [6.45, 7) is 2.94. The van der Waals surface area contributed by atoms with Crippen LogP contribution in [0.2, 0.25) is 0 Å². The minimum absolute atomic E-state index is 0.259. The zero-order valence-corrected chi connectivity index (χ0v) is 14.4. The van der Waals surface area contributed by atoms with Crippen molar-refractivity contribution in [2.45, 2.75) is 30.2 Å². The lowest BCUT2D eigenvalue weighted by atomic mass is 10.1. The molecule has 1 atom stereocenters. The summed E-state index contributed by atoms with van der Waals surface area (Å²) in [5.74, 6) is 2.66. The van der Waals surface area contributed by atoms with Crippen molar-refractivity contribution in [2.24, 2.45) is 0 Å². The summed E-state index contributed by atoms with van der Waals surface area (Å²) in [6.07, 6.45) is 2.83. The highest BCUT2D eigenvalue weighted by Crippen LogP contribution is 2.34. The Morgan fingerprint density at radius 1 is 1.35 bits per heavy atom. The van der Waals surface area contributed by atoms with Gasteiger partial charge < -0.3 is 19.7 Å². The summed E-state index contributed by atoms with van der Waals surface area (Å²) in [4.78, 5) is 15.4. The van der Waals surface area contributed by atoms with Gasteiger partial charge in [0.05, 0.1) is 0 Å². The zero-order chi connectivity index (χ0) is 16.1. The van der Waals surface area contributed by atoms with Crippen LogP contribution in [0.15, 0.2) is 23.1 Å². The van der Waals surface area contributed by atoms with Crippen LogP contribution < -0.4 is 14.8 Å². The molecular formula is C17H24N2O3S. The molecule has 1 N–H and O–H groups in total. The predicted octanol–water partition coefficient (Wildman–Crippen LogP) is 2.15. The summed E-state index contributed by atoms with van der Waals surface area (Å²) in [5.41, 5.74) is 0. The van der Waals surface area contributed by atoms with E-state index in [2.05, 4.69) is 5.32 Å². The van der Waals surface area contributed by atoms with Crippen LogP contribution >= 0.6 is 11.8 Å². The normalized spacial score (nSPS) is 20.4. The van der Waals surface area contributed by atoms with E-state index in [1.165, 1.54) is 0 Å². The summed E-state index contributed by atoms with van der Waals surface area (Å²) in [5, 5.41) is 3.27. The highest BCUT2D eigenvalue weighted by Gasteiger charge is 2.22. The molecule has 126 valence electrons. The van der Waals surface area contributed by atoms with Crippen LogP contribution in [-0.4, -0.2) is 56.0 Å². The van der Waals surface area contributed by atoms with Gasteiger partial charge in [0.1, 0.15) is 13.2 Å². The van der Waals surface area contributed by atoms with Crippen LogP contribution in [-0.2, 0) is 4.79 Å². The van der Waals surface area contributed by atoms with Crippen molar-refractivity contribution in [3.8, 4) is 11.5 Å². The summed E-state index contributed by atoms with van der Waals surface area (Å²) in [7, 11) is 1.97. The molecule has 2 aliphatic heterocycles. The van der Waals surface area contributed by atoms with Gasteiger partial charge >= 0.3 is 0 Å². The molecule has 1 aromatic rings. The van der Waals surface area contributed by atoms with Crippen molar-refractivity contribution in [2.75, 3.05) is 39.1 Å². The molecule has 1 unspecified atom stereocenters. The van der Waals surface area contributed by atoms with Crippen LogP contribution in [0, 0.1) is 0 Å². The molecule has 0 aromatic heterocycles. The van der Waals surface area contributed by atoms with Crippen molar-refractivity contribution < 1.29 is 14.3 Å². The topological polar surface area (TPSA) is 50.8 Å². The van der Waals surface area contributed by atoms with Gasteiger partial charge in [-0.2, -0.15) is 0 Å². The van der Waals surface area contributed by atoms with Gasteiger partial charge in [-0.05, 0) is 38.1 Å². The van der Waals surface area contributed by atoms with Crippen LogP contribution in [0.5, 0.6) is 11.5 Å². The summed E-state index contributed by atoms with van der Waals surface area (Å²) in [6, 6.07) is 6.42. The van der Waals surface area contributed by atoms with Gasteiger partial charge in [0.2, 0.25) is 5.91 Å². The Morgan fingerprint density at radius 3 is 3.00 bits per heavy atom. The van der Waals surface area contributed by atoms with Crippen LogP contribution in [0.4, 0.5) is 0 Å². The molecular weight excluding hydrogens is 312 g/mol. The van der Waals surface area contributed by atoms with E-state index in [4.69, 9.17) is 9.47 Å². The lowest BCUT2D eigenvalue weighted by Gasteiger charge is -2.32. The Hall–Kier alpha value is -1.40. The lowest BCUT2D eigenvalue weighted by Crippen LogP contribution is -2.47. The SMILES string of the molecule is CNC1CCCN(C(=O)CCSc2ccc3c(c2)OCCO3)C1. The number of nitrogens with one attached hydrogen (secondary N) is 1. The summed E-state index contributed by atoms with van der Waals surface area (Å²) < 4.78 is 11.1.